The average molecular weight is 251 g/mol. The molecule has 1 heterocycles. The van der Waals surface area contributed by atoms with E-state index < -0.39 is 0 Å². The second kappa shape index (κ2) is 5.53. The van der Waals surface area contributed by atoms with Crippen LogP contribution in [0.25, 0.3) is 10.9 Å². The Kier molecular flexibility index (Phi) is 3.82. The molecule has 0 saturated heterocycles. The summed E-state index contributed by atoms with van der Waals surface area (Å²) in [5.41, 5.74) is 3.56. The molecule has 1 aromatic heterocycles. The fraction of sp³-hybridized carbons (Fsp3) is 0.250. The lowest BCUT2D eigenvalue weighted by atomic mass is 10.1. The van der Waals surface area contributed by atoms with Crippen LogP contribution in [0.5, 0.6) is 0 Å². The van der Waals surface area contributed by atoms with Crippen molar-refractivity contribution in [1.82, 2.24) is 4.98 Å². The summed E-state index contributed by atoms with van der Waals surface area (Å²) in [6.07, 6.45) is 1.65. The van der Waals surface area contributed by atoms with Crippen molar-refractivity contribution in [3.05, 3.63) is 48.2 Å². The molecule has 0 N–H and O–H groups in total. The van der Waals surface area contributed by atoms with Crippen LogP contribution in [-0.4, -0.2) is 18.1 Å². The van der Waals surface area contributed by atoms with E-state index in [0.29, 0.717) is 5.56 Å². The quantitative estimate of drug-likeness (QED) is 0.781. The first kappa shape index (κ1) is 13.1. The van der Waals surface area contributed by atoms with E-state index in [1.165, 1.54) is 0 Å². The van der Waals surface area contributed by atoms with Crippen LogP contribution >= 0.6 is 0 Å². The van der Waals surface area contributed by atoms with Crippen molar-refractivity contribution < 1.29 is 0 Å². The highest BCUT2D eigenvalue weighted by Crippen LogP contribution is 2.29. The minimum atomic E-state index is 0.613. The van der Waals surface area contributed by atoms with Crippen LogP contribution in [0.15, 0.2) is 42.6 Å². The minimum absolute atomic E-state index is 0.613. The molecule has 0 aliphatic heterocycles. The van der Waals surface area contributed by atoms with Gasteiger partial charge in [-0.1, -0.05) is 30.4 Å². The van der Waals surface area contributed by atoms with Gasteiger partial charge in [0.2, 0.25) is 0 Å². The van der Waals surface area contributed by atoms with E-state index in [1.54, 1.807) is 6.20 Å². The summed E-state index contributed by atoms with van der Waals surface area (Å²) >= 11 is 0. The zero-order chi connectivity index (χ0) is 13.8. The van der Waals surface area contributed by atoms with Crippen molar-refractivity contribution in [3.63, 3.8) is 0 Å². The number of benzene rings is 1. The third kappa shape index (κ3) is 2.58. The Bertz CT molecular complexity index is 653. The molecule has 0 saturated carbocycles. The highest BCUT2D eigenvalue weighted by Gasteiger charge is 2.14. The number of nitrogens with zero attached hydrogens (tertiary/aromatic N) is 3. The average Bonchev–Trinajstić information content (AvgIpc) is 2.43. The van der Waals surface area contributed by atoms with Gasteiger partial charge in [-0.2, -0.15) is 5.26 Å². The zero-order valence-electron chi connectivity index (χ0n) is 11.3. The molecule has 0 bridgehead atoms. The minimum Gasteiger partial charge on any atom is -0.366 e. The van der Waals surface area contributed by atoms with Crippen LogP contribution in [0.4, 0.5) is 5.69 Å². The number of hydrogen-bond acceptors (Lipinski definition) is 3. The predicted molar refractivity (Wildman–Crippen MR) is 79.2 cm³/mol. The van der Waals surface area contributed by atoms with Crippen molar-refractivity contribution in [1.29, 1.82) is 5.26 Å². The molecular formula is C16H17N3. The molecule has 3 heteroatoms. The molecule has 0 radical (unpaired) electrons. The molecule has 1 aromatic carbocycles. The van der Waals surface area contributed by atoms with E-state index in [-0.39, 0.29) is 0 Å². The van der Waals surface area contributed by atoms with Gasteiger partial charge in [0.05, 0.1) is 16.8 Å². The smallest absolute Gasteiger partial charge is 0.103 e. The molecule has 96 valence electrons. The Hall–Kier alpha value is -2.34. The Balaban J connectivity index is 2.67. The summed E-state index contributed by atoms with van der Waals surface area (Å²) in [7, 11) is 0. The van der Waals surface area contributed by atoms with Crippen molar-refractivity contribution >= 4 is 16.6 Å². The van der Waals surface area contributed by atoms with Gasteiger partial charge in [0.25, 0.3) is 0 Å². The molecule has 0 spiro atoms. The number of rotatable bonds is 4. The standard InChI is InChI=1S/C16H17N3/c1-4-19(11-12(2)3)16-13(9-17)10-18-15-8-6-5-7-14(15)16/h5-8,10H,2,4,11H2,1,3H3. The molecule has 0 amide bonds. The predicted octanol–water partition coefficient (Wildman–Crippen LogP) is 3.51. The molecule has 19 heavy (non-hydrogen) atoms. The lowest BCUT2D eigenvalue weighted by molar-refractivity contribution is 0.882. The second-order valence-corrected chi connectivity index (χ2v) is 4.62. The number of hydrogen-bond donors (Lipinski definition) is 0. The maximum absolute atomic E-state index is 9.32. The number of para-hydroxylation sites is 1. The molecule has 3 nitrogen and oxygen atoms in total. The van der Waals surface area contributed by atoms with Gasteiger partial charge in [0, 0.05) is 24.7 Å². The Labute approximate surface area is 113 Å². The molecule has 0 fully saturated rings. The number of anilines is 1. The van der Waals surface area contributed by atoms with Gasteiger partial charge in [0.1, 0.15) is 6.07 Å². The van der Waals surface area contributed by atoms with Gasteiger partial charge in [0.15, 0.2) is 0 Å². The second-order valence-electron chi connectivity index (χ2n) is 4.62. The van der Waals surface area contributed by atoms with Gasteiger partial charge in [-0.25, -0.2) is 0 Å². The van der Waals surface area contributed by atoms with Gasteiger partial charge in [-0.15, -0.1) is 0 Å². The normalized spacial score (nSPS) is 10.2. The molecule has 2 aromatic rings. The van der Waals surface area contributed by atoms with Crippen molar-refractivity contribution in [2.24, 2.45) is 0 Å². The summed E-state index contributed by atoms with van der Waals surface area (Å²) in [5.74, 6) is 0. The molecule has 0 atom stereocenters. The maximum Gasteiger partial charge on any atom is 0.103 e. The number of likely N-dealkylation sites (N-methyl/N-ethyl adjacent to an activating group) is 1. The first-order chi connectivity index (χ1) is 9.17. The molecule has 0 unspecified atom stereocenters. The topological polar surface area (TPSA) is 39.9 Å². The highest BCUT2D eigenvalue weighted by molar-refractivity contribution is 5.94. The van der Waals surface area contributed by atoms with Crippen LogP contribution in [0.1, 0.15) is 19.4 Å². The Morgan fingerprint density at radius 2 is 2.16 bits per heavy atom. The summed E-state index contributed by atoms with van der Waals surface area (Å²) in [5, 5.41) is 10.3. The van der Waals surface area contributed by atoms with Gasteiger partial charge < -0.3 is 4.90 Å². The van der Waals surface area contributed by atoms with Crippen LogP contribution in [-0.2, 0) is 0 Å². The largest absolute Gasteiger partial charge is 0.366 e. The summed E-state index contributed by atoms with van der Waals surface area (Å²) < 4.78 is 0. The maximum atomic E-state index is 9.32. The van der Waals surface area contributed by atoms with Crippen LogP contribution in [0.3, 0.4) is 0 Å². The number of aromatic nitrogens is 1. The van der Waals surface area contributed by atoms with E-state index in [9.17, 15) is 5.26 Å². The van der Waals surface area contributed by atoms with Crippen LogP contribution < -0.4 is 4.90 Å². The third-order valence-electron chi connectivity index (χ3n) is 3.03. The first-order valence-electron chi connectivity index (χ1n) is 6.34. The SMILES string of the molecule is C=C(C)CN(CC)c1c(C#N)cnc2ccccc12. The summed E-state index contributed by atoms with van der Waals surface area (Å²) in [4.78, 5) is 6.51. The molecule has 0 aliphatic carbocycles. The molecule has 2 rings (SSSR count). The summed E-state index contributed by atoms with van der Waals surface area (Å²) in [6.45, 7) is 9.62. The van der Waals surface area contributed by atoms with E-state index in [1.807, 2.05) is 31.2 Å². The Morgan fingerprint density at radius 1 is 1.42 bits per heavy atom. The first-order valence-corrected chi connectivity index (χ1v) is 6.34. The number of pyridine rings is 1. The highest BCUT2D eigenvalue weighted by atomic mass is 15.1. The fourth-order valence-corrected chi connectivity index (χ4v) is 2.22. The van der Waals surface area contributed by atoms with Crippen molar-refractivity contribution in [3.8, 4) is 6.07 Å². The molecule has 0 aliphatic rings. The van der Waals surface area contributed by atoms with Crippen LogP contribution in [0, 0.1) is 11.3 Å². The molecular weight excluding hydrogens is 234 g/mol. The van der Waals surface area contributed by atoms with E-state index in [4.69, 9.17) is 0 Å². The Morgan fingerprint density at radius 3 is 2.79 bits per heavy atom. The van der Waals surface area contributed by atoms with E-state index in [2.05, 4.69) is 29.5 Å². The fourth-order valence-electron chi connectivity index (χ4n) is 2.22. The lowest BCUT2D eigenvalue weighted by Crippen LogP contribution is -2.25. The van der Waals surface area contributed by atoms with Crippen molar-refractivity contribution in [2.75, 3.05) is 18.0 Å². The number of nitriles is 1. The van der Waals surface area contributed by atoms with Gasteiger partial charge >= 0.3 is 0 Å². The van der Waals surface area contributed by atoms with Crippen molar-refractivity contribution in [2.45, 2.75) is 13.8 Å². The monoisotopic (exact) mass is 251 g/mol. The van der Waals surface area contributed by atoms with Crippen LogP contribution in [0.2, 0.25) is 0 Å². The van der Waals surface area contributed by atoms with Gasteiger partial charge in [-0.3, -0.25) is 4.98 Å². The van der Waals surface area contributed by atoms with Gasteiger partial charge in [-0.05, 0) is 19.9 Å². The van der Waals surface area contributed by atoms with E-state index in [0.717, 1.165) is 35.3 Å². The third-order valence-corrected chi connectivity index (χ3v) is 3.03. The zero-order valence-corrected chi connectivity index (χ0v) is 11.3. The van der Waals surface area contributed by atoms with E-state index >= 15 is 0 Å². The summed E-state index contributed by atoms with van der Waals surface area (Å²) in [6, 6.07) is 10.2. The number of fused-ring (bicyclic) bond motifs is 1. The lowest BCUT2D eigenvalue weighted by Gasteiger charge is -2.25.